The molecule has 1 atom stereocenters. The third-order valence-electron chi connectivity index (χ3n) is 3.61. The molecule has 0 saturated carbocycles. The van der Waals surface area contributed by atoms with Gasteiger partial charge in [-0.1, -0.05) is 24.1 Å². The van der Waals surface area contributed by atoms with Crippen molar-refractivity contribution in [3.05, 3.63) is 29.8 Å². The van der Waals surface area contributed by atoms with Crippen molar-refractivity contribution in [2.45, 2.75) is 50.5 Å². The molecule has 1 aromatic carbocycles. The molecule has 0 fully saturated rings. The fourth-order valence-corrected chi connectivity index (χ4v) is 3.12. The standard InChI is InChI=1S/C17H27NO2S/c1-5-20-16(19)17(3,18-4)11-6-7-12-21-15-10-8-9-14(2)13-15/h8-10,13,18H,5-7,11-12H2,1-4H3. The van der Waals surface area contributed by atoms with E-state index in [9.17, 15) is 4.79 Å². The van der Waals surface area contributed by atoms with E-state index >= 15 is 0 Å². The Bertz CT molecular complexity index is 450. The molecule has 0 amide bonds. The molecule has 1 aromatic rings. The van der Waals surface area contributed by atoms with Crippen LogP contribution in [0.25, 0.3) is 0 Å². The highest BCUT2D eigenvalue weighted by Gasteiger charge is 2.32. The van der Waals surface area contributed by atoms with E-state index in [1.54, 1.807) is 0 Å². The fourth-order valence-electron chi connectivity index (χ4n) is 2.10. The summed E-state index contributed by atoms with van der Waals surface area (Å²) >= 11 is 1.87. The Balaban J connectivity index is 2.30. The van der Waals surface area contributed by atoms with E-state index in [0.717, 1.165) is 25.0 Å². The Labute approximate surface area is 132 Å². The van der Waals surface area contributed by atoms with Crippen LogP contribution < -0.4 is 5.32 Å². The molecule has 21 heavy (non-hydrogen) atoms. The van der Waals surface area contributed by atoms with Gasteiger partial charge in [0.15, 0.2) is 0 Å². The lowest BCUT2D eigenvalue weighted by Gasteiger charge is -2.26. The topological polar surface area (TPSA) is 38.3 Å². The van der Waals surface area contributed by atoms with Gasteiger partial charge in [-0.15, -0.1) is 11.8 Å². The number of benzene rings is 1. The summed E-state index contributed by atoms with van der Waals surface area (Å²) in [5, 5.41) is 3.10. The second-order valence-electron chi connectivity index (χ2n) is 5.42. The van der Waals surface area contributed by atoms with Crippen LogP contribution in [-0.2, 0) is 9.53 Å². The summed E-state index contributed by atoms with van der Waals surface area (Å²) in [5.41, 5.74) is 0.731. The third-order valence-corrected chi connectivity index (χ3v) is 4.69. The molecule has 3 nitrogen and oxygen atoms in total. The Morgan fingerprint density at radius 3 is 2.76 bits per heavy atom. The first-order valence-corrected chi connectivity index (χ1v) is 8.56. The number of ether oxygens (including phenoxy) is 1. The van der Waals surface area contributed by atoms with E-state index in [4.69, 9.17) is 4.74 Å². The highest BCUT2D eigenvalue weighted by Crippen LogP contribution is 2.22. The van der Waals surface area contributed by atoms with Crippen molar-refractivity contribution in [3.63, 3.8) is 0 Å². The minimum absolute atomic E-state index is 0.154. The minimum Gasteiger partial charge on any atom is -0.465 e. The van der Waals surface area contributed by atoms with Gasteiger partial charge in [-0.3, -0.25) is 4.79 Å². The second kappa shape index (κ2) is 9.11. The van der Waals surface area contributed by atoms with Crippen LogP contribution in [0.4, 0.5) is 0 Å². The number of hydrogen-bond acceptors (Lipinski definition) is 4. The molecular weight excluding hydrogens is 282 g/mol. The van der Waals surface area contributed by atoms with Crippen LogP contribution >= 0.6 is 11.8 Å². The first kappa shape index (κ1) is 18.1. The summed E-state index contributed by atoms with van der Waals surface area (Å²) in [5.74, 6) is 0.922. The molecule has 1 N–H and O–H groups in total. The molecular formula is C17H27NO2S. The van der Waals surface area contributed by atoms with E-state index in [1.165, 1.54) is 10.5 Å². The molecule has 0 bridgehead atoms. The lowest BCUT2D eigenvalue weighted by Crippen LogP contribution is -2.48. The highest BCUT2D eigenvalue weighted by atomic mass is 32.2. The van der Waals surface area contributed by atoms with Gasteiger partial charge in [0.1, 0.15) is 5.54 Å². The Morgan fingerprint density at radius 2 is 2.14 bits per heavy atom. The first-order chi connectivity index (χ1) is 10.0. The Kier molecular flexibility index (Phi) is 7.83. The fraction of sp³-hybridized carbons (Fsp3) is 0.588. The van der Waals surface area contributed by atoms with E-state index in [-0.39, 0.29) is 5.97 Å². The predicted octanol–water partition coefficient (Wildman–Crippen LogP) is 3.80. The maximum absolute atomic E-state index is 11.9. The molecule has 0 spiro atoms. The quantitative estimate of drug-likeness (QED) is 0.428. The van der Waals surface area contributed by atoms with Gasteiger partial charge in [-0.2, -0.15) is 0 Å². The number of thioether (sulfide) groups is 1. The van der Waals surface area contributed by atoms with Crippen LogP contribution in [0.2, 0.25) is 0 Å². The summed E-state index contributed by atoms with van der Waals surface area (Å²) in [6.07, 6.45) is 2.90. The van der Waals surface area contributed by atoms with Crippen molar-refractivity contribution < 1.29 is 9.53 Å². The number of hydrogen-bond donors (Lipinski definition) is 1. The van der Waals surface area contributed by atoms with Gasteiger partial charge < -0.3 is 10.1 Å². The van der Waals surface area contributed by atoms with E-state index in [1.807, 2.05) is 32.7 Å². The van der Waals surface area contributed by atoms with Gasteiger partial charge in [0.25, 0.3) is 0 Å². The molecule has 1 rings (SSSR count). The van der Waals surface area contributed by atoms with Gasteiger partial charge in [-0.25, -0.2) is 0 Å². The van der Waals surface area contributed by atoms with Crippen molar-refractivity contribution in [2.24, 2.45) is 0 Å². The summed E-state index contributed by atoms with van der Waals surface area (Å²) < 4.78 is 5.13. The Hall–Kier alpha value is -1.00. The maximum Gasteiger partial charge on any atom is 0.326 e. The molecule has 4 heteroatoms. The summed E-state index contributed by atoms with van der Waals surface area (Å²) in [4.78, 5) is 13.2. The second-order valence-corrected chi connectivity index (χ2v) is 6.59. The lowest BCUT2D eigenvalue weighted by atomic mass is 9.95. The van der Waals surface area contributed by atoms with Crippen LogP contribution in [0.5, 0.6) is 0 Å². The van der Waals surface area contributed by atoms with E-state index in [0.29, 0.717) is 6.61 Å². The van der Waals surface area contributed by atoms with Crippen LogP contribution in [0, 0.1) is 6.92 Å². The first-order valence-electron chi connectivity index (χ1n) is 7.57. The molecule has 0 aliphatic rings. The van der Waals surface area contributed by atoms with Crippen molar-refractivity contribution >= 4 is 17.7 Å². The number of esters is 1. The average molecular weight is 309 g/mol. The van der Waals surface area contributed by atoms with Gasteiger partial charge in [0.05, 0.1) is 6.61 Å². The van der Waals surface area contributed by atoms with Gasteiger partial charge in [-0.05, 0) is 58.5 Å². The van der Waals surface area contributed by atoms with Crippen LogP contribution in [0.1, 0.15) is 38.7 Å². The zero-order valence-corrected chi connectivity index (χ0v) is 14.4. The molecule has 118 valence electrons. The molecule has 0 aliphatic carbocycles. The maximum atomic E-state index is 11.9. The molecule has 0 saturated heterocycles. The van der Waals surface area contributed by atoms with Crippen molar-refractivity contribution in [1.82, 2.24) is 5.32 Å². The minimum atomic E-state index is -0.565. The monoisotopic (exact) mass is 309 g/mol. The molecule has 0 aliphatic heterocycles. The van der Waals surface area contributed by atoms with E-state index in [2.05, 4.69) is 36.5 Å². The number of carbonyl (C=O) groups is 1. The van der Waals surface area contributed by atoms with Gasteiger partial charge in [0.2, 0.25) is 0 Å². The average Bonchev–Trinajstić information content (AvgIpc) is 2.47. The zero-order valence-electron chi connectivity index (χ0n) is 13.6. The number of aryl methyl sites for hydroxylation is 1. The molecule has 1 unspecified atom stereocenters. The SMILES string of the molecule is CCOC(=O)C(C)(CCCCSc1cccc(C)c1)NC. The lowest BCUT2D eigenvalue weighted by molar-refractivity contribution is -0.150. The summed E-state index contributed by atoms with van der Waals surface area (Å²) in [6, 6.07) is 8.56. The number of rotatable bonds is 9. The molecule has 0 radical (unpaired) electrons. The number of nitrogens with one attached hydrogen (secondary N) is 1. The van der Waals surface area contributed by atoms with Crippen molar-refractivity contribution in [3.8, 4) is 0 Å². The predicted molar refractivity (Wildman–Crippen MR) is 89.9 cm³/mol. The number of unbranched alkanes of at least 4 members (excludes halogenated alkanes) is 1. The van der Waals surface area contributed by atoms with Crippen molar-refractivity contribution in [1.29, 1.82) is 0 Å². The normalized spacial score (nSPS) is 13.7. The van der Waals surface area contributed by atoms with Crippen LogP contribution in [0.3, 0.4) is 0 Å². The van der Waals surface area contributed by atoms with Crippen molar-refractivity contribution in [2.75, 3.05) is 19.4 Å². The smallest absolute Gasteiger partial charge is 0.326 e. The summed E-state index contributed by atoms with van der Waals surface area (Å²) in [7, 11) is 1.82. The molecule has 0 aromatic heterocycles. The van der Waals surface area contributed by atoms with Crippen LogP contribution in [-0.4, -0.2) is 30.9 Å². The van der Waals surface area contributed by atoms with E-state index < -0.39 is 5.54 Å². The number of carbonyl (C=O) groups excluding carboxylic acids is 1. The summed E-state index contributed by atoms with van der Waals surface area (Å²) in [6.45, 7) is 6.30. The Morgan fingerprint density at radius 1 is 1.38 bits per heavy atom. The van der Waals surface area contributed by atoms with Crippen LogP contribution in [0.15, 0.2) is 29.2 Å². The largest absolute Gasteiger partial charge is 0.465 e. The highest BCUT2D eigenvalue weighted by molar-refractivity contribution is 7.99. The third kappa shape index (κ3) is 6.10. The zero-order chi connectivity index (χ0) is 15.7. The van der Waals surface area contributed by atoms with Gasteiger partial charge in [0, 0.05) is 4.90 Å². The number of likely N-dealkylation sites (N-methyl/N-ethyl adjacent to an activating group) is 1. The van der Waals surface area contributed by atoms with Gasteiger partial charge >= 0.3 is 5.97 Å². The molecule has 0 heterocycles.